The lowest BCUT2D eigenvalue weighted by molar-refractivity contribution is -0.0428. The van der Waals surface area contributed by atoms with E-state index in [4.69, 9.17) is 9.15 Å². The van der Waals surface area contributed by atoms with Crippen LogP contribution in [-0.2, 0) is 11.2 Å². The first kappa shape index (κ1) is 13.4. The van der Waals surface area contributed by atoms with Gasteiger partial charge >= 0.3 is 0 Å². The van der Waals surface area contributed by atoms with Crippen LogP contribution >= 0.6 is 0 Å². The van der Waals surface area contributed by atoms with Gasteiger partial charge in [-0.15, -0.1) is 0 Å². The van der Waals surface area contributed by atoms with E-state index in [9.17, 15) is 0 Å². The quantitative estimate of drug-likeness (QED) is 0.839. The van der Waals surface area contributed by atoms with Gasteiger partial charge in [0.2, 0.25) is 0 Å². The second-order valence-corrected chi connectivity index (χ2v) is 6.82. The van der Waals surface area contributed by atoms with Gasteiger partial charge in [0.05, 0.1) is 12.6 Å². The van der Waals surface area contributed by atoms with Gasteiger partial charge < -0.3 is 9.15 Å². The number of methoxy groups -OCH3 is 1. The third-order valence-corrected chi connectivity index (χ3v) is 5.32. The van der Waals surface area contributed by atoms with Crippen LogP contribution in [0.25, 0.3) is 11.0 Å². The van der Waals surface area contributed by atoms with Gasteiger partial charge in [-0.3, -0.25) is 4.90 Å². The van der Waals surface area contributed by atoms with Crippen molar-refractivity contribution in [1.82, 2.24) is 4.90 Å². The summed E-state index contributed by atoms with van der Waals surface area (Å²) in [5, 5.41) is 1.30. The Bertz CT molecular complexity index is 658. The number of ether oxygens (including phenoxy) is 1. The molecule has 2 aliphatic rings. The van der Waals surface area contributed by atoms with Gasteiger partial charge in [-0.2, -0.15) is 0 Å². The molecule has 3 heteroatoms. The maximum atomic E-state index is 6.30. The van der Waals surface area contributed by atoms with Crippen molar-refractivity contribution >= 4 is 11.0 Å². The standard InChI is InChI=1S/C18H23NO2/c1-18(12-20-2)9-5-10-19-11-8-14-13-6-3-4-7-15(13)21-16(14)17(18)19/h3-4,6-7,17H,5,8-12H2,1-2H3/t17?,18-/m0/s1. The fourth-order valence-corrected chi connectivity index (χ4v) is 4.45. The van der Waals surface area contributed by atoms with Crippen molar-refractivity contribution in [3.05, 3.63) is 35.6 Å². The van der Waals surface area contributed by atoms with Crippen LogP contribution in [0.1, 0.15) is 37.1 Å². The number of hydrogen-bond acceptors (Lipinski definition) is 3. The first-order chi connectivity index (χ1) is 10.2. The molecule has 0 saturated carbocycles. The molecule has 1 aromatic heterocycles. The fourth-order valence-electron chi connectivity index (χ4n) is 4.45. The second-order valence-electron chi connectivity index (χ2n) is 6.82. The van der Waals surface area contributed by atoms with Crippen LogP contribution in [-0.4, -0.2) is 31.7 Å². The Labute approximate surface area is 125 Å². The molecular weight excluding hydrogens is 262 g/mol. The molecule has 2 aromatic rings. The van der Waals surface area contributed by atoms with Crippen molar-refractivity contribution in [3.8, 4) is 0 Å². The highest BCUT2D eigenvalue weighted by Gasteiger charge is 2.46. The summed E-state index contributed by atoms with van der Waals surface area (Å²) in [6.07, 6.45) is 3.57. The lowest BCUT2D eigenvalue weighted by Crippen LogP contribution is -2.49. The monoisotopic (exact) mass is 285 g/mol. The van der Waals surface area contributed by atoms with Crippen molar-refractivity contribution in [2.75, 3.05) is 26.8 Å². The van der Waals surface area contributed by atoms with Crippen LogP contribution in [0.4, 0.5) is 0 Å². The summed E-state index contributed by atoms with van der Waals surface area (Å²) in [4.78, 5) is 2.60. The van der Waals surface area contributed by atoms with E-state index in [1.54, 1.807) is 0 Å². The van der Waals surface area contributed by atoms with E-state index in [-0.39, 0.29) is 5.41 Å². The molecule has 0 radical (unpaired) electrons. The topological polar surface area (TPSA) is 25.6 Å². The van der Waals surface area contributed by atoms with Crippen LogP contribution in [0.5, 0.6) is 0 Å². The van der Waals surface area contributed by atoms with Crippen LogP contribution in [0.2, 0.25) is 0 Å². The molecule has 0 aliphatic carbocycles. The molecule has 2 atom stereocenters. The highest BCUT2D eigenvalue weighted by Crippen LogP contribution is 2.50. The van der Waals surface area contributed by atoms with E-state index in [1.807, 2.05) is 7.11 Å². The molecular formula is C18H23NO2. The minimum Gasteiger partial charge on any atom is -0.459 e. The van der Waals surface area contributed by atoms with Gasteiger partial charge in [-0.25, -0.2) is 0 Å². The average molecular weight is 285 g/mol. The minimum atomic E-state index is 0.149. The van der Waals surface area contributed by atoms with E-state index in [0.717, 1.165) is 25.2 Å². The normalized spacial score (nSPS) is 29.3. The SMILES string of the molecule is COC[C@]1(C)CCCN2CCc3c(oc4ccccc34)C21. The van der Waals surface area contributed by atoms with E-state index in [2.05, 4.69) is 36.1 Å². The van der Waals surface area contributed by atoms with Crippen LogP contribution < -0.4 is 0 Å². The molecule has 21 heavy (non-hydrogen) atoms. The van der Waals surface area contributed by atoms with Gasteiger partial charge in [0.1, 0.15) is 11.3 Å². The first-order valence-corrected chi connectivity index (χ1v) is 7.96. The molecule has 0 amide bonds. The van der Waals surface area contributed by atoms with Gasteiger partial charge in [0.15, 0.2) is 0 Å². The van der Waals surface area contributed by atoms with Crippen LogP contribution in [0.15, 0.2) is 28.7 Å². The lowest BCUT2D eigenvalue weighted by atomic mass is 9.72. The smallest absolute Gasteiger partial charge is 0.134 e. The Morgan fingerprint density at radius 1 is 1.33 bits per heavy atom. The van der Waals surface area contributed by atoms with Crippen LogP contribution in [0.3, 0.4) is 0 Å². The summed E-state index contributed by atoms with van der Waals surface area (Å²) < 4.78 is 11.9. The molecule has 1 aromatic carbocycles. The number of rotatable bonds is 2. The highest BCUT2D eigenvalue weighted by atomic mass is 16.5. The van der Waals surface area contributed by atoms with Crippen molar-refractivity contribution < 1.29 is 9.15 Å². The second kappa shape index (κ2) is 4.85. The van der Waals surface area contributed by atoms with Crippen LogP contribution in [0, 0.1) is 5.41 Å². The third kappa shape index (κ3) is 1.95. The Kier molecular flexibility index (Phi) is 3.09. The van der Waals surface area contributed by atoms with Gasteiger partial charge in [-0.05, 0) is 31.9 Å². The molecule has 1 saturated heterocycles. The number of furan rings is 1. The predicted octanol–water partition coefficient (Wildman–Crippen LogP) is 3.78. The molecule has 2 aliphatic heterocycles. The summed E-state index contributed by atoms with van der Waals surface area (Å²) in [5.41, 5.74) is 2.61. The van der Waals surface area contributed by atoms with Gasteiger partial charge in [0, 0.05) is 30.0 Å². The first-order valence-electron chi connectivity index (χ1n) is 7.96. The molecule has 0 N–H and O–H groups in total. The zero-order chi connectivity index (χ0) is 14.4. The van der Waals surface area contributed by atoms with E-state index >= 15 is 0 Å². The molecule has 3 nitrogen and oxygen atoms in total. The summed E-state index contributed by atoms with van der Waals surface area (Å²) in [6, 6.07) is 8.82. The number of benzene rings is 1. The van der Waals surface area contributed by atoms with Crippen molar-refractivity contribution in [2.45, 2.75) is 32.2 Å². The molecule has 1 fully saturated rings. The predicted molar refractivity (Wildman–Crippen MR) is 83.4 cm³/mol. The summed E-state index contributed by atoms with van der Waals surface area (Å²) in [5.74, 6) is 1.20. The summed E-state index contributed by atoms with van der Waals surface area (Å²) >= 11 is 0. The molecule has 0 spiro atoms. The Morgan fingerprint density at radius 2 is 2.19 bits per heavy atom. The largest absolute Gasteiger partial charge is 0.459 e. The zero-order valence-electron chi connectivity index (χ0n) is 12.9. The summed E-state index contributed by atoms with van der Waals surface area (Å²) in [6.45, 7) is 5.47. The summed E-state index contributed by atoms with van der Waals surface area (Å²) in [7, 11) is 1.81. The van der Waals surface area contributed by atoms with Gasteiger partial charge in [0.25, 0.3) is 0 Å². The Hall–Kier alpha value is -1.32. The third-order valence-electron chi connectivity index (χ3n) is 5.32. The van der Waals surface area contributed by atoms with Crippen molar-refractivity contribution in [2.24, 2.45) is 5.41 Å². The molecule has 0 bridgehead atoms. The Morgan fingerprint density at radius 3 is 3.05 bits per heavy atom. The number of nitrogens with zero attached hydrogens (tertiary/aromatic N) is 1. The van der Waals surface area contributed by atoms with Crippen molar-refractivity contribution in [1.29, 1.82) is 0 Å². The van der Waals surface area contributed by atoms with E-state index in [0.29, 0.717) is 6.04 Å². The zero-order valence-corrected chi connectivity index (χ0v) is 12.9. The number of piperidine rings is 1. The number of hydrogen-bond donors (Lipinski definition) is 0. The van der Waals surface area contributed by atoms with E-state index < -0.39 is 0 Å². The molecule has 3 heterocycles. The molecule has 4 rings (SSSR count). The average Bonchev–Trinajstić information content (AvgIpc) is 2.85. The maximum Gasteiger partial charge on any atom is 0.134 e. The fraction of sp³-hybridized carbons (Fsp3) is 0.556. The number of para-hydroxylation sites is 1. The maximum absolute atomic E-state index is 6.30. The number of fused-ring (bicyclic) bond motifs is 5. The van der Waals surface area contributed by atoms with Gasteiger partial charge in [-0.1, -0.05) is 25.1 Å². The Balaban J connectivity index is 1.87. The molecule has 112 valence electrons. The minimum absolute atomic E-state index is 0.149. The highest BCUT2D eigenvalue weighted by molar-refractivity contribution is 5.82. The lowest BCUT2D eigenvalue weighted by Gasteiger charge is -2.49. The van der Waals surface area contributed by atoms with Crippen molar-refractivity contribution in [3.63, 3.8) is 0 Å². The van der Waals surface area contributed by atoms with E-state index in [1.165, 1.54) is 36.1 Å². The molecule has 1 unspecified atom stereocenters.